The molecule has 2 N–H and O–H groups in total. The first-order chi connectivity index (χ1) is 8.70. The highest BCUT2D eigenvalue weighted by Gasteiger charge is 2.07. The lowest BCUT2D eigenvalue weighted by Gasteiger charge is -2.05. The molecule has 0 aliphatic rings. The summed E-state index contributed by atoms with van der Waals surface area (Å²) in [5.74, 6) is 0.183. The molecule has 0 spiro atoms. The van der Waals surface area contributed by atoms with Crippen LogP contribution in [-0.2, 0) is 4.74 Å². The minimum Gasteiger partial charge on any atom is -0.462 e. The highest BCUT2D eigenvalue weighted by atomic mass is 16.5. The van der Waals surface area contributed by atoms with Crippen molar-refractivity contribution in [3.05, 3.63) is 35.9 Å². The summed E-state index contributed by atoms with van der Waals surface area (Å²) in [7, 11) is 0. The first kappa shape index (κ1) is 12.4. The molecule has 4 heteroatoms. The number of nitrogens with two attached hydrogens (primary N) is 1. The van der Waals surface area contributed by atoms with Crippen LogP contribution in [0.3, 0.4) is 0 Å². The molecule has 1 aromatic heterocycles. The smallest absolute Gasteiger partial charge is 0.338 e. The van der Waals surface area contributed by atoms with E-state index in [1.54, 1.807) is 24.3 Å². The normalized spacial score (nSPS) is 10.5. The van der Waals surface area contributed by atoms with Crippen LogP contribution in [0.2, 0.25) is 0 Å². The molecular formula is C14H16N2O2. The van der Waals surface area contributed by atoms with Gasteiger partial charge in [0.15, 0.2) is 0 Å². The Labute approximate surface area is 106 Å². The summed E-state index contributed by atoms with van der Waals surface area (Å²) in [5.41, 5.74) is 6.92. The van der Waals surface area contributed by atoms with Gasteiger partial charge in [-0.05, 0) is 36.8 Å². The molecule has 4 nitrogen and oxygen atoms in total. The van der Waals surface area contributed by atoms with Crippen molar-refractivity contribution >= 4 is 22.7 Å². The molecule has 0 fully saturated rings. The maximum Gasteiger partial charge on any atom is 0.338 e. The van der Waals surface area contributed by atoms with Crippen LogP contribution in [0.5, 0.6) is 0 Å². The Balaban J connectivity index is 2.19. The van der Waals surface area contributed by atoms with E-state index in [9.17, 15) is 4.79 Å². The van der Waals surface area contributed by atoms with Gasteiger partial charge in [0.25, 0.3) is 0 Å². The van der Waals surface area contributed by atoms with Crippen LogP contribution in [-0.4, -0.2) is 17.6 Å². The van der Waals surface area contributed by atoms with Gasteiger partial charge in [-0.15, -0.1) is 0 Å². The zero-order valence-electron chi connectivity index (χ0n) is 10.3. The molecule has 2 rings (SSSR count). The monoisotopic (exact) mass is 244 g/mol. The summed E-state index contributed by atoms with van der Waals surface area (Å²) < 4.78 is 5.16. The number of anilines is 1. The molecule has 18 heavy (non-hydrogen) atoms. The topological polar surface area (TPSA) is 65.2 Å². The van der Waals surface area contributed by atoms with E-state index in [1.165, 1.54) is 0 Å². The minimum atomic E-state index is -0.290. The van der Waals surface area contributed by atoms with E-state index in [0.717, 1.165) is 23.7 Å². The number of carbonyl (C=O) groups is 1. The number of aromatic nitrogens is 1. The van der Waals surface area contributed by atoms with Crippen LogP contribution in [0.1, 0.15) is 30.1 Å². The second-order valence-electron chi connectivity index (χ2n) is 4.13. The number of hydrogen-bond acceptors (Lipinski definition) is 4. The molecule has 0 bridgehead atoms. The molecule has 0 atom stereocenters. The molecular weight excluding hydrogens is 228 g/mol. The maximum absolute atomic E-state index is 11.8. The maximum atomic E-state index is 11.8. The lowest BCUT2D eigenvalue weighted by atomic mass is 10.1. The number of pyridine rings is 1. The van der Waals surface area contributed by atoms with E-state index in [1.807, 2.05) is 6.07 Å². The molecule has 0 saturated heterocycles. The number of esters is 1. The largest absolute Gasteiger partial charge is 0.462 e. The number of rotatable bonds is 4. The third kappa shape index (κ3) is 2.77. The molecule has 0 radical (unpaired) electrons. The first-order valence-electron chi connectivity index (χ1n) is 6.04. The molecule has 0 unspecified atom stereocenters. The van der Waals surface area contributed by atoms with Gasteiger partial charge in [0.1, 0.15) is 5.82 Å². The fraction of sp³-hybridized carbons (Fsp3) is 0.286. The van der Waals surface area contributed by atoms with Gasteiger partial charge in [-0.2, -0.15) is 0 Å². The second-order valence-corrected chi connectivity index (χ2v) is 4.13. The Morgan fingerprint density at radius 1 is 1.33 bits per heavy atom. The second kappa shape index (κ2) is 5.49. The van der Waals surface area contributed by atoms with Crippen molar-refractivity contribution in [2.75, 3.05) is 12.3 Å². The Hall–Kier alpha value is -2.10. The average molecular weight is 244 g/mol. The van der Waals surface area contributed by atoms with E-state index in [-0.39, 0.29) is 5.97 Å². The van der Waals surface area contributed by atoms with Crippen LogP contribution in [0.15, 0.2) is 30.3 Å². The van der Waals surface area contributed by atoms with Crippen molar-refractivity contribution in [3.8, 4) is 0 Å². The van der Waals surface area contributed by atoms with Crippen molar-refractivity contribution < 1.29 is 9.53 Å². The zero-order chi connectivity index (χ0) is 13.0. The number of nitrogen functional groups attached to an aromatic ring is 1. The third-order valence-corrected chi connectivity index (χ3v) is 2.68. The number of unbranched alkanes of at least 4 members (excludes halogenated alkanes) is 1. The van der Waals surface area contributed by atoms with Gasteiger partial charge in [-0.3, -0.25) is 0 Å². The summed E-state index contributed by atoms with van der Waals surface area (Å²) in [6, 6.07) is 8.83. The van der Waals surface area contributed by atoms with Gasteiger partial charge >= 0.3 is 5.97 Å². The summed E-state index contributed by atoms with van der Waals surface area (Å²) >= 11 is 0. The molecule has 1 aromatic carbocycles. The van der Waals surface area contributed by atoms with E-state index >= 15 is 0 Å². The summed E-state index contributed by atoms with van der Waals surface area (Å²) in [6.07, 6.45) is 1.89. The van der Waals surface area contributed by atoms with Crippen molar-refractivity contribution in [1.29, 1.82) is 0 Å². The summed E-state index contributed by atoms with van der Waals surface area (Å²) in [6.45, 7) is 2.52. The molecule has 0 amide bonds. The minimum absolute atomic E-state index is 0.290. The van der Waals surface area contributed by atoms with Crippen LogP contribution >= 0.6 is 0 Å². The highest BCUT2D eigenvalue weighted by molar-refractivity contribution is 5.94. The van der Waals surface area contributed by atoms with Crippen LogP contribution in [0.25, 0.3) is 10.9 Å². The number of carbonyl (C=O) groups excluding carboxylic acids is 1. The van der Waals surface area contributed by atoms with Gasteiger partial charge in [0.2, 0.25) is 0 Å². The molecule has 0 aliphatic carbocycles. The van der Waals surface area contributed by atoms with Crippen LogP contribution < -0.4 is 5.73 Å². The highest BCUT2D eigenvalue weighted by Crippen LogP contribution is 2.16. The van der Waals surface area contributed by atoms with E-state index in [2.05, 4.69) is 11.9 Å². The number of hydrogen-bond donors (Lipinski definition) is 1. The molecule has 94 valence electrons. The number of nitrogens with zero attached hydrogens (tertiary/aromatic N) is 1. The van der Waals surface area contributed by atoms with Crippen LogP contribution in [0.4, 0.5) is 5.82 Å². The standard InChI is InChI=1S/C14H16N2O2/c1-2-3-8-18-14(17)11-4-6-12-10(9-11)5-7-13(15)16-12/h4-7,9H,2-3,8H2,1H3,(H2,15,16). The fourth-order valence-electron chi connectivity index (χ4n) is 1.66. The Bertz CT molecular complexity index is 567. The molecule has 2 aromatic rings. The van der Waals surface area contributed by atoms with E-state index in [0.29, 0.717) is 18.0 Å². The van der Waals surface area contributed by atoms with Crippen molar-refractivity contribution in [1.82, 2.24) is 4.98 Å². The Morgan fingerprint density at radius 2 is 2.17 bits per heavy atom. The van der Waals surface area contributed by atoms with Gasteiger partial charge in [-0.1, -0.05) is 13.3 Å². The Kier molecular flexibility index (Phi) is 3.77. The number of ether oxygens (including phenoxy) is 1. The predicted octanol–water partition coefficient (Wildman–Crippen LogP) is 2.77. The lowest BCUT2D eigenvalue weighted by molar-refractivity contribution is 0.0500. The van der Waals surface area contributed by atoms with Gasteiger partial charge < -0.3 is 10.5 Å². The van der Waals surface area contributed by atoms with E-state index < -0.39 is 0 Å². The van der Waals surface area contributed by atoms with Gasteiger partial charge in [-0.25, -0.2) is 9.78 Å². The SMILES string of the molecule is CCCCOC(=O)c1ccc2nc(N)ccc2c1. The molecule has 0 aliphatic heterocycles. The first-order valence-corrected chi connectivity index (χ1v) is 6.04. The third-order valence-electron chi connectivity index (χ3n) is 2.68. The quantitative estimate of drug-likeness (QED) is 0.663. The van der Waals surface area contributed by atoms with Gasteiger partial charge in [0, 0.05) is 5.39 Å². The fourth-order valence-corrected chi connectivity index (χ4v) is 1.66. The number of fused-ring (bicyclic) bond motifs is 1. The van der Waals surface area contributed by atoms with Gasteiger partial charge in [0.05, 0.1) is 17.7 Å². The zero-order valence-corrected chi connectivity index (χ0v) is 10.3. The lowest BCUT2D eigenvalue weighted by Crippen LogP contribution is -2.06. The van der Waals surface area contributed by atoms with Crippen molar-refractivity contribution in [2.24, 2.45) is 0 Å². The number of benzene rings is 1. The summed E-state index contributed by atoms with van der Waals surface area (Å²) in [5, 5.41) is 0.883. The summed E-state index contributed by atoms with van der Waals surface area (Å²) in [4.78, 5) is 15.9. The average Bonchev–Trinajstić information content (AvgIpc) is 2.38. The van der Waals surface area contributed by atoms with Crippen LogP contribution in [0, 0.1) is 0 Å². The van der Waals surface area contributed by atoms with Crippen molar-refractivity contribution in [3.63, 3.8) is 0 Å². The molecule has 0 saturated carbocycles. The molecule has 1 heterocycles. The predicted molar refractivity (Wildman–Crippen MR) is 71.3 cm³/mol. The van der Waals surface area contributed by atoms with E-state index in [4.69, 9.17) is 10.5 Å². The van der Waals surface area contributed by atoms with Crippen molar-refractivity contribution in [2.45, 2.75) is 19.8 Å². The Morgan fingerprint density at radius 3 is 2.94 bits per heavy atom.